The van der Waals surface area contributed by atoms with Crippen LogP contribution in [0.3, 0.4) is 0 Å². The Morgan fingerprint density at radius 2 is 2.27 bits per heavy atom. The number of aryl methyl sites for hydroxylation is 1. The molecule has 0 saturated carbocycles. The van der Waals surface area contributed by atoms with Crippen LogP contribution in [0.4, 0.5) is 0 Å². The van der Waals surface area contributed by atoms with Gasteiger partial charge in [-0.3, -0.25) is 0 Å². The summed E-state index contributed by atoms with van der Waals surface area (Å²) in [6.07, 6.45) is -0.465. The molecule has 0 aliphatic rings. The normalized spacial score (nSPS) is 16.4. The summed E-state index contributed by atoms with van der Waals surface area (Å²) in [5, 5.41) is 11.2. The first kappa shape index (κ1) is 8.71. The number of nitrogens with two attached hydrogens (primary N) is 1. The zero-order valence-corrected chi connectivity index (χ0v) is 7.56. The summed E-state index contributed by atoms with van der Waals surface area (Å²) in [7, 11) is 0. The number of aliphatic hydroxyl groups is 1. The van der Waals surface area contributed by atoms with E-state index in [-0.39, 0.29) is 6.04 Å². The minimum atomic E-state index is -0.465. The number of aliphatic hydroxyl groups excluding tert-OH is 1. The fourth-order valence-corrected chi connectivity index (χ4v) is 1.97. The smallest absolute Gasteiger partial charge is 0.0712 e. The molecule has 0 aliphatic heterocycles. The molecule has 1 aromatic rings. The largest absolute Gasteiger partial charge is 0.391 e. The fraction of sp³-hybridized carbons (Fsp3) is 0.500. The van der Waals surface area contributed by atoms with E-state index in [9.17, 15) is 5.11 Å². The Labute approximate surface area is 70.7 Å². The minimum Gasteiger partial charge on any atom is -0.391 e. The SMILES string of the molecule is Cc1ccsc1[C@@H](N)[C@H](C)O. The molecular weight excluding hydrogens is 158 g/mol. The molecule has 11 heavy (non-hydrogen) atoms. The Kier molecular flexibility index (Phi) is 2.65. The molecule has 2 atom stereocenters. The van der Waals surface area contributed by atoms with Gasteiger partial charge >= 0.3 is 0 Å². The van der Waals surface area contributed by atoms with Crippen LogP contribution in [-0.2, 0) is 0 Å². The van der Waals surface area contributed by atoms with E-state index in [1.54, 1.807) is 18.3 Å². The van der Waals surface area contributed by atoms with Crippen molar-refractivity contribution in [2.75, 3.05) is 0 Å². The molecule has 0 radical (unpaired) electrons. The molecule has 0 aliphatic carbocycles. The second kappa shape index (κ2) is 3.34. The zero-order chi connectivity index (χ0) is 8.43. The van der Waals surface area contributed by atoms with Crippen LogP contribution in [0.1, 0.15) is 23.4 Å². The summed E-state index contributed by atoms with van der Waals surface area (Å²) in [5.41, 5.74) is 6.91. The van der Waals surface area contributed by atoms with Gasteiger partial charge in [0.15, 0.2) is 0 Å². The lowest BCUT2D eigenvalue weighted by atomic mass is 10.1. The Bertz CT molecular complexity index is 232. The summed E-state index contributed by atoms with van der Waals surface area (Å²) in [6, 6.07) is 1.79. The van der Waals surface area contributed by atoms with E-state index in [4.69, 9.17) is 5.73 Å². The van der Waals surface area contributed by atoms with Crippen molar-refractivity contribution in [3.8, 4) is 0 Å². The van der Waals surface area contributed by atoms with E-state index in [0.29, 0.717) is 0 Å². The fourth-order valence-electron chi connectivity index (χ4n) is 0.945. The van der Waals surface area contributed by atoms with E-state index in [2.05, 4.69) is 0 Å². The average molecular weight is 171 g/mol. The van der Waals surface area contributed by atoms with Crippen LogP contribution in [0.2, 0.25) is 0 Å². The Balaban J connectivity index is 2.84. The Morgan fingerprint density at radius 1 is 1.64 bits per heavy atom. The van der Waals surface area contributed by atoms with E-state index in [1.165, 1.54) is 5.56 Å². The minimum absolute atomic E-state index is 0.227. The molecule has 0 fully saturated rings. The highest BCUT2D eigenvalue weighted by Crippen LogP contribution is 2.23. The van der Waals surface area contributed by atoms with Crippen molar-refractivity contribution in [2.24, 2.45) is 5.73 Å². The lowest BCUT2D eigenvalue weighted by Crippen LogP contribution is -2.22. The van der Waals surface area contributed by atoms with Crippen LogP contribution in [0.5, 0.6) is 0 Å². The molecule has 3 N–H and O–H groups in total. The number of hydrogen-bond donors (Lipinski definition) is 2. The van der Waals surface area contributed by atoms with Crippen LogP contribution < -0.4 is 5.73 Å². The third-order valence-electron chi connectivity index (χ3n) is 1.72. The van der Waals surface area contributed by atoms with Crippen molar-refractivity contribution >= 4 is 11.3 Å². The van der Waals surface area contributed by atoms with Crippen LogP contribution in [-0.4, -0.2) is 11.2 Å². The number of rotatable bonds is 2. The molecule has 0 aromatic carbocycles. The maximum Gasteiger partial charge on any atom is 0.0712 e. The van der Waals surface area contributed by atoms with Gasteiger partial charge < -0.3 is 10.8 Å². The molecule has 0 spiro atoms. The van der Waals surface area contributed by atoms with Gasteiger partial charge in [-0.1, -0.05) is 0 Å². The van der Waals surface area contributed by atoms with E-state index in [1.807, 2.05) is 18.4 Å². The van der Waals surface area contributed by atoms with E-state index < -0.39 is 6.10 Å². The monoisotopic (exact) mass is 171 g/mol. The quantitative estimate of drug-likeness (QED) is 0.707. The first-order valence-corrected chi connectivity index (χ1v) is 4.48. The first-order valence-electron chi connectivity index (χ1n) is 3.60. The maximum absolute atomic E-state index is 9.20. The molecule has 0 saturated heterocycles. The first-order chi connectivity index (χ1) is 5.13. The predicted octanol–water partition coefficient (Wildman–Crippen LogP) is 1.44. The molecular formula is C8H13NOS. The van der Waals surface area contributed by atoms with Gasteiger partial charge in [0.25, 0.3) is 0 Å². The molecule has 0 amide bonds. The van der Waals surface area contributed by atoms with Gasteiger partial charge in [-0.25, -0.2) is 0 Å². The Morgan fingerprint density at radius 3 is 2.64 bits per heavy atom. The van der Waals surface area contributed by atoms with Crippen molar-refractivity contribution in [3.05, 3.63) is 21.9 Å². The standard InChI is InChI=1S/C8H13NOS/c1-5-3-4-11-8(5)7(9)6(2)10/h3-4,6-7,10H,9H2,1-2H3/t6-,7-/m0/s1. The van der Waals surface area contributed by atoms with Gasteiger partial charge in [0.1, 0.15) is 0 Å². The molecule has 3 heteroatoms. The molecule has 0 bridgehead atoms. The topological polar surface area (TPSA) is 46.2 Å². The van der Waals surface area contributed by atoms with Crippen molar-refractivity contribution in [3.63, 3.8) is 0 Å². The third kappa shape index (κ3) is 1.80. The molecule has 1 rings (SSSR count). The van der Waals surface area contributed by atoms with Gasteiger partial charge in [-0.2, -0.15) is 0 Å². The second-order valence-electron chi connectivity index (χ2n) is 2.73. The van der Waals surface area contributed by atoms with Gasteiger partial charge in [0.05, 0.1) is 12.1 Å². The van der Waals surface area contributed by atoms with E-state index in [0.717, 1.165) is 4.88 Å². The zero-order valence-electron chi connectivity index (χ0n) is 6.74. The van der Waals surface area contributed by atoms with Crippen LogP contribution in [0.15, 0.2) is 11.4 Å². The van der Waals surface area contributed by atoms with Crippen molar-refractivity contribution in [2.45, 2.75) is 26.0 Å². The number of hydrogen-bond acceptors (Lipinski definition) is 3. The highest BCUT2D eigenvalue weighted by atomic mass is 32.1. The number of thiophene rings is 1. The molecule has 62 valence electrons. The molecule has 1 aromatic heterocycles. The van der Waals surface area contributed by atoms with Gasteiger partial charge in [0.2, 0.25) is 0 Å². The summed E-state index contributed by atoms with van der Waals surface area (Å²) in [5.74, 6) is 0. The summed E-state index contributed by atoms with van der Waals surface area (Å²) in [6.45, 7) is 3.72. The van der Waals surface area contributed by atoms with Crippen molar-refractivity contribution in [1.82, 2.24) is 0 Å². The lowest BCUT2D eigenvalue weighted by molar-refractivity contribution is 0.165. The third-order valence-corrected chi connectivity index (χ3v) is 2.84. The maximum atomic E-state index is 9.20. The van der Waals surface area contributed by atoms with E-state index >= 15 is 0 Å². The van der Waals surface area contributed by atoms with Gasteiger partial charge in [0, 0.05) is 4.88 Å². The molecule has 2 nitrogen and oxygen atoms in total. The predicted molar refractivity (Wildman–Crippen MR) is 47.7 cm³/mol. The lowest BCUT2D eigenvalue weighted by Gasteiger charge is -2.13. The van der Waals surface area contributed by atoms with Gasteiger partial charge in [-0.05, 0) is 30.9 Å². The van der Waals surface area contributed by atoms with Gasteiger partial charge in [-0.15, -0.1) is 11.3 Å². The van der Waals surface area contributed by atoms with Crippen LogP contribution in [0.25, 0.3) is 0 Å². The molecule has 0 unspecified atom stereocenters. The summed E-state index contributed by atoms with van der Waals surface area (Å²) < 4.78 is 0. The van der Waals surface area contributed by atoms with Crippen molar-refractivity contribution in [1.29, 1.82) is 0 Å². The van der Waals surface area contributed by atoms with Crippen LogP contribution >= 0.6 is 11.3 Å². The molecule has 1 heterocycles. The second-order valence-corrected chi connectivity index (χ2v) is 3.68. The van der Waals surface area contributed by atoms with Crippen LogP contribution in [0, 0.1) is 6.92 Å². The summed E-state index contributed by atoms with van der Waals surface area (Å²) in [4.78, 5) is 1.08. The van der Waals surface area contributed by atoms with Crippen molar-refractivity contribution < 1.29 is 5.11 Å². The highest BCUT2D eigenvalue weighted by molar-refractivity contribution is 7.10. The average Bonchev–Trinajstić information content (AvgIpc) is 2.33. The Hall–Kier alpha value is -0.380. The highest BCUT2D eigenvalue weighted by Gasteiger charge is 2.14. The summed E-state index contributed by atoms with van der Waals surface area (Å²) >= 11 is 1.60.